The molecule has 3 aromatic rings. The Balaban J connectivity index is 1.76. The molecule has 1 N–H and O–H groups in total. The Labute approximate surface area is 182 Å². The number of aryl methyl sites for hydroxylation is 1. The Morgan fingerprint density at radius 3 is 2.35 bits per heavy atom. The third-order valence-corrected chi connectivity index (χ3v) is 5.77. The first-order valence-electron chi connectivity index (χ1n) is 9.86. The normalized spacial score (nSPS) is 11.5. The highest BCUT2D eigenvalue weighted by atomic mass is 32.1. The predicted octanol–water partition coefficient (Wildman–Crippen LogP) is 6.38. The molecule has 0 aliphatic carbocycles. The molecule has 0 radical (unpaired) electrons. The van der Waals surface area contributed by atoms with Crippen LogP contribution >= 0.6 is 11.3 Å². The number of carbonyl (C=O) groups is 1. The number of rotatable bonds is 9. The van der Waals surface area contributed by atoms with Crippen molar-refractivity contribution in [3.8, 4) is 16.3 Å². The number of hydrogen-bond donors (Lipinski definition) is 1. The minimum Gasteiger partial charge on any atom is -0.488 e. The molecule has 0 bridgehead atoms. The van der Waals surface area contributed by atoms with Crippen molar-refractivity contribution in [2.45, 2.75) is 45.4 Å². The molecule has 0 saturated carbocycles. The van der Waals surface area contributed by atoms with E-state index in [4.69, 9.17) is 9.84 Å². The van der Waals surface area contributed by atoms with Gasteiger partial charge in [0.2, 0.25) is 0 Å². The van der Waals surface area contributed by atoms with Crippen LogP contribution in [0.4, 0.5) is 13.2 Å². The molecular weight excluding hydrogens is 427 g/mol. The number of carboxylic acid groups (broad SMARTS) is 1. The van der Waals surface area contributed by atoms with Gasteiger partial charge in [0.1, 0.15) is 17.4 Å². The number of benzene rings is 2. The minimum atomic E-state index is -4.37. The van der Waals surface area contributed by atoms with Crippen LogP contribution in [-0.2, 0) is 30.4 Å². The zero-order valence-electron chi connectivity index (χ0n) is 16.9. The monoisotopic (exact) mass is 449 g/mol. The number of hydrogen-bond acceptors (Lipinski definition) is 4. The molecule has 0 unspecified atom stereocenters. The molecule has 0 spiro atoms. The van der Waals surface area contributed by atoms with E-state index in [2.05, 4.69) is 11.9 Å². The fraction of sp³-hybridized carbons (Fsp3) is 0.304. The molecule has 0 amide bonds. The molecule has 8 heteroatoms. The van der Waals surface area contributed by atoms with E-state index < -0.39 is 17.7 Å². The number of halogens is 3. The lowest BCUT2D eigenvalue weighted by molar-refractivity contribution is -0.138. The number of aromatic nitrogens is 1. The van der Waals surface area contributed by atoms with Crippen molar-refractivity contribution in [3.05, 3.63) is 70.2 Å². The molecule has 31 heavy (non-hydrogen) atoms. The molecule has 1 aromatic heterocycles. The molecule has 4 nitrogen and oxygen atoms in total. The molecule has 3 rings (SSSR count). The lowest BCUT2D eigenvalue weighted by Crippen LogP contribution is -2.03. The summed E-state index contributed by atoms with van der Waals surface area (Å²) >= 11 is 1.41. The van der Waals surface area contributed by atoms with E-state index in [1.165, 1.54) is 23.5 Å². The van der Waals surface area contributed by atoms with Gasteiger partial charge in [-0.05, 0) is 42.7 Å². The second kappa shape index (κ2) is 9.96. The summed E-state index contributed by atoms with van der Waals surface area (Å²) in [6.07, 6.45) is -1.70. The highest BCUT2D eigenvalue weighted by molar-refractivity contribution is 7.15. The number of nitrogens with zero attached hydrogens (tertiary/aromatic N) is 1. The number of aliphatic carboxylic acids is 1. The van der Waals surface area contributed by atoms with E-state index in [1.54, 1.807) is 24.3 Å². The van der Waals surface area contributed by atoms with Crippen LogP contribution in [0.25, 0.3) is 10.6 Å². The molecular formula is C23H22F3NO3S. The fourth-order valence-electron chi connectivity index (χ4n) is 2.99. The van der Waals surface area contributed by atoms with E-state index in [1.807, 2.05) is 0 Å². The molecule has 0 aliphatic rings. The van der Waals surface area contributed by atoms with E-state index >= 15 is 0 Å². The molecule has 0 aliphatic heterocycles. The fourth-order valence-corrected chi connectivity index (χ4v) is 4.01. The van der Waals surface area contributed by atoms with Gasteiger partial charge in [0.05, 0.1) is 22.6 Å². The third-order valence-electron chi connectivity index (χ3n) is 4.65. The van der Waals surface area contributed by atoms with Gasteiger partial charge in [-0.1, -0.05) is 37.6 Å². The van der Waals surface area contributed by atoms with Crippen LogP contribution in [0, 0.1) is 0 Å². The summed E-state index contributed by atoms with van der Waals surface area (Å²) in [6.45, 7) is 2.37. The second-order valence-corrected chi connectivity index (χ2v) is 8.15. The van der Waals surface area contributed by atoms with Crippen LogP contribution in [0.5, 0.6) is 5.75 Å². The Kier molecular flexibility index (Phi) is 7.33. The van der Waals surface area contributed by atoms with Gasteiger partial charge in [0, 0.05) is 5.56 Å². The lowest BCUT2D eigenvalue weighted by Gasteiger charge is -2.07. The molecule has 164 valence electrons. The maximum absolute atomic E-state index is 12.8. The Bertz CT molecular complexity index is 1010. The first-order chi connectivity index (χ1) is 14.8. The van der Waals surface area contributed by atoms with Gasteiger partial charge in [0.15, 0.2) is 0 Å². The highest BCUT2D eigenvalue weighted by Gasteiger charge is 2.30. The number of thiazole rings is 1. The second-order valence-electron chi connectivity index (χ2n) is 7.07. The molecule has 0 atom stereocenters. The average Bonchev–Trinajstić information content (AvgIpc) is 3.14. The standard InChI is InChI=1S/C23H22F3NO3S/c1-2-3-4-19-20(14-30-18-11-5-15(6-12-18)13-21(28)29)31-22(27-19)16-7-9-17(10-8-16)23(24,25)26/h5-12H,2-4,13-14H2,1H3,(H,28,29). The van der Waals surface area contributed by atoms with Crippen LogP contribution in [0.3, 0.4) is 0 Å². The summed E-state index contributed by atoms with van der Waals surface area (Å²) in [5, 5.41) is 9.51. The van der Waals surface area contributed by atoms with Crippen LogP contribution in [0.15, 0.2) is 48.5 Å². The molecule has 0 saturated heterocycles. The summed E-state index contributed by atoms with van der Waals surface area (Å²) in [7, 11) is 0. The maximum atomic E-state index is 12.8. The van der Waals surface area contributed by atoms with Crippen LogP contribution in [0.2, 0.25) is 0 Å². The van der Waals surface area contributed by atoms with Crippen LogP contribution in [0.1, 0.15) is 41.5 Å². The molecule has 0 fully saturated rings. The SMILES string of the molecule is CCCCc1nc(-c2ccc(C(F)(F)F)cc2)sc1COc1ccc(CC(=O)O)cc1. The highest BCUT2D eigenvalue weighted by Crippen LogP contribution is 2.34. The minimum absolute atomic E-state index is 0.0488. The average molecular weight is 449 g/mol. The van der Waals surface area contributed by atoms with E-state index in [0.29, 0.717) is 21.9 Å². The topological polar surface area (TPSA) is 59.4 Å². The Morgan fingerprint density at radius 2 is 1.77 bits per heavy atom. The summed E-state index contributed by atoms with van der Waals surface area (Å²) in [4.78, 5) is 16.4. The van der Waals surface area contributed by atoms with Gasteiger partial charge in [-0.15, -0.1) is 11.3 Å². The van der Waals surface area contributed by atoms with Crippen LogP contribution < -0.4 is 4.74 Å². The maximum Gasteiger partial charge on any atom is 0.416 e. The van der Waals surface area contributed by atoms with E-state index in [9.17, 15) is 18.0 Å². The van der Waals surface area contributed by atoms with Gasteiger partial charge >= 0.3 is 12.1 Å². The largest absolute Gasteiger partial charge is 0.488 e. The number of ether oxygens (including phenoxy) is 1. The zero-order valence-corrected chi connectivity index (χ0v) is 17.7. The molecule has 1 heterocycles. The van der Waals surface area contributed by atoms with Crippen molar-refractivity contribution in [1.29, 1.82) is 0 Å². The Hall–Kier alpha value is -2.87. The first-order valence-corrected chi connectivity index (χ1v) is 10.7. The smallest absolute Gasteiger partial charge is 0.416 e. The summed E-state index contributed by atoms with van der Waals surface area (Å²) in [6, 6.07) is 11.9. The van der Waals surface area contributed by atoms with Gasteiger partial charge in [-0.25, -0.2) is 4.98 Å². The van der Waals surface area contributed by atoms with Crippen molar-refractivity contribution in [2.75, 3.05) is 0 Å². The van der Waals surface area contributed by atoms with Crippen molar-refractivity contribution in [1.82, 2.24) is 4.98 Å². The van der Waals surface area contributed by atoms with Crippen molar-refractivity contribution >= 4 is 17.3 Å². The van der Waals surface area contributed by atoms with Crippen molar-refractivity contribution < 1.29 is 27.8 Å². The first kappa shape index (κ1) is 22.8. The summed E-state index contributed by atoms with van der Waals surface area (Å²) < 4.78 is 44.3. The predicted molar refractivity (Wildman–Crippen MR) is 113 cm³/mol. The lowest BCUT2D eigenvalue weighted by atomic mass is 10.1. The third kappa shape index (κ3) is 6.30. The van der Waals surface area contributed by atoms with Gasteiger partial charge in [-0.3, -0.25) is 4.79 Å². The summed E-state index contributed by atoms with van der Waals surface area (Å²) in [5.41, 5.74) is 1.53. The summed E-state index contributed by atoms with van der Waals surface area (Å²) in [5.74, 6) is -0.283. The van der Waals surface area contributed by atoms with E-state index in [-0.39, 0.29) is 13.0 Å². The van der Waals surface area contributed by atoms with Crippen molar-refractivity contribution in [3.63, 3.8) is 0 Å². The van der Waals surface area contributed by atoms with Gasteiger partial charge < -0.3 is 9.84 Å². The zero-order chi connectivity index (χ0) is 22.4. The van der Waals surface area contributed by atoms with Gasteiger partial charge in [-0.2, -0.15) is 13.2 Å². The number of unbranched alkanes of at least 4 members (excludes halogenated alkanes) is 1. The molecule has 2 aromatic carbocycles. The van der Waals surface area contributed by atoms with Crippen molar-refractivity contribution in [2.24, 2.45) is 0 Å². The van der Waals surface area contributed by atoms with Crippen LogP contribution in [-0.4, -0.2) is 16.1 Å². The Morgan fingerprint density at radius 1 is 1.10 bits per heavy atom. The number of carboxylic acids is 1. The van der Waals surface area contributed by atoms with Gasteiger partial charge in [0.25, 0.3) is 0 Å². The quantitative estimate of drug-likeness (QED) is 0.412. The van der Waals surface area contributed by atoms with E-state index in [0.717, 1.165) is 42.0 Å². The number of alkyl halides is 3.